The topological polar surface area (TPSA) is 70.2 Å². The van der Waals surface area contributed by atoms with Gasteiger partial charge in [-0.3, -0.25) is 9.59 Å². The molecule has 102 valence electrons. The molecular formula is C14H19N3O2. The molecule has 1 aliphatic rings. The molecule has 2 amide bonds. The quantitative estimate of drug-likeness (QED) is 0.761. The molecule has 1 aromatic rings. The van der Waals surface area contributed by atoms with Crippen LogP contribution in [0.25, 0.3) is 0 Å². The zero-order valence-corrected chi connectivity index (χ0v) is 11.0. The van der Waals surface area contributed by atoms with Crippen molar-refractivity contribution in [3.05, 3.63) is 29.8 Å². The molecule has 2 rings (SSSR count). The normalized spacial score (nSPS) is 18.1. The fourth-order valence-corrected chi connectivity index (χ4v) is 2.11. The molecule has 1 aliphatic heterocycles. The van der Waals surface area contributed by atoms with E-state index in [-0.39, 0.29) is 17.9 Å². The Morgan fingerprint density at radius 1 is 1.32 bits per heavy atom. The first-order valence-electron chi connectivity index (χ1n) is 6.63. The Hall–Kier alpha value is -1.88. The third kappa shape index (κ3) is 3.54. The molecule has 1 fully saturated rings. The number of carbonyl (C=O) groups is 2. The summed E-state index contributed by atoms with van der Waals surface area (Å²) in [6, 6.07) is 6.82. The second-order valence-electron chi connectivity index (χ2n) is 4.57. The van der Waals surface area contributed by atoms with Gasteiger partial charge in [-0.05, 0) is 50.6 Å². The van der Waals surface area contributed by atoms with Crippen molar-refractivity contribution in [2.75, 3.05) is 18.4 Å². The Morgan fingerprint density at radius 2 is 2.05 bits per heavy atom. The number of nitrogens with one attached hydrogen (secondary N) is 3. The molecule has 5 nitrogen and oxygen atoms in total. The van der Waals surface area contributed by atoms with E-state index in [4.69, 9.17) is 0 Å². The van der Waals surface area contributed by atoms with Gasteiger partial charge in [-0.25, -0.2) is 0 Å². The van der Waals surface area contributed by atoms with Crippen molar-refractivity contribution in [2.24, 2.45) is 0 Å². The number of anilines is 1. The van der Waals surface area contributed by atoms with Crippen LogP contribution in [0.1, 0.15) is 30.1 Å². The van der Waals surface area contributed by atoms with Crippen LogP contribution in [-0.2, 0) is 4.79 Å². The molecule has 1 heterocycles. The average molecular weight is 261 g/mol. The number of hydrogen-bond acceptors (Lipinski definition) is 3. The Labute approximate surface area is 112 Å². The van der Waals surface area contributed by atoms with Crippen LogP contribution < -0.4 is 16.0 Å². The van der Waals surface area contributed by atoms with Crippen molar-refractivity contribution >= 4 is 17.5 Å². The summed E-state index contributed by atoms with van der Waals surface area (Å²) in [6.45, 7) is 3.37. The summed E-state index contributed by atoms with van der Waals surface area (Å²) in [5.74, 6) is -0.110. The second kappa shape index (κ2) is 6.33. The fourth-order valence-electron chi connectivity index (χ4n) is 2.11. The predicted octanol–water partition coefficient (Wildman–Crippen LogP) is 1.13. The van der Waals surface area contributed by atoms with E-state index in [1.807, 2.05) is 6.92 Å². The lowest BCUT2D eigenvalue weighted by Crippen LogP contribution is -2.35. The van der Waals surface area contributed by atoms with Gasteiger partial charge in [-0.2, -0.15) is 0 Å². The Kier molecular flexibility index (Phi) is 4.52. The minimum absolute atomic E-state index is 0.0109. The maximum Gasteiger partial charge on any atom is 0.251 e. The summed E-state index contributed by atoms with van der Waals surface area (Å²) >= 11 is 0. The van der Waals surface area contributed by atoms with Gasteiger partial charge in [0.1, 0.15) is 0 Å². The van der Waals surface area contributed by atoms with E-state index in [0.717, 1.165) is 19.4 Å². The average Bonchev–Trinajstić information content (AvgIpc) is 2.94. The van der Waals surface area contributed by atoms with E-state index in [1.165, 1.54) is 0 Å². The van der Waals surface area contributed by atoms with Crippen LogP contribution in [0.4, 0.5) is 5.69 Å². The van der Waals surface area contributed by atoms with Gasteiger partial charge >= 0.3 is 0 Å². The van der Waals surface area contributed by atoms with Crippen molar-refractivity contribution in [2.45, 2.75) is 25.8 Å². The van der Waals surface area contributed by atoms with E-state index in [2.05, 4.69) is 16.0 Å². The molecule has 0 aliphatic carbocycles. The summed E-state index contributed by atoms with van der Waals surface area (Å²) < 4.78 is 0. The van der Waals surface area contributed by atoms with E-state index in [1.54, 1.807) is 24.3 Å². The minimum Gasteiger partial charge on any atom is -0.352 e. The molecule has 0 unspecified atom stereocenters. The van der Waals surface area contributed by atoms with Crippen LogP contribution in [0.3, 0.4) is 0 Å². The summed E-state index contributed by atoms with van der Waals surface area (Å²) in [5, 5.41) is 8.73. The molecule has 1 aromatic carbocycles. The molecule has 0 spiro atoms. The third-order valence-electron chi connectivity index (χ3n) is 3.13. The highest BCUT2D eigenvalue weighted by Crippen LogP contribution is 2.12. The van der Waals surface area contributed by atoms with Crippen LogP contribution >= 0.6 is 0 Å². The fraction of sp³-hybridized carbons (Fsp3) is 0.429. The number of hydrogen-bond donors (Lipinski definition) is 3. The highest BCUT2D eigenvalue weighted by molar-refractivity contribution is 5.97. The van der Waals surface area contributed by atoms with E-state index < -0.39 is 0 Å². The first-order chi connectivity index (χ1) is 9.20. The first-order valence-corrected chi connectivity index (χ1v) is 6.63. The zero-order valence-electron chi connectivity index (χ0n) is 11.0. The monoisotopic (exact) mass is 261 g/mol. The van der Waals surface area contributed by atoms with Gasteiger partial charge in [-0.15, -0.1) is 0 Å². The lowest BCUT2D eigenvalue weighted by molar-refractivity contribution is -0.117. The van der Waals surface area contributed by atoms with Gasteiger partial charge in [0.15, 0.2) is 0 Å². The van der Waals surface area contributed by atoms with Crippen molar-refractivity contribution in [3.8, 4) is 0 Å². The van der Waals surface area contributed by atoms with Crippen molar-refractivity contribution in [1.82, 2.24) is 10.6 Å². The van der Waals surface area contributed by atoms with Gasteiger partial charge in [-0.1, -0.05) is 0 Å². The van der Waals surface area contributed by atoms with Gasteiger partial charge in [0.25, 0.3) is 5.91 Å². The number of carbonyl (C=O) groups excluding carboxylic acids is 2. The Balaban J connectivity index is 1.94. The zero-order chi connectivity index (χ0) is 13.7. The summed E-state index contributed by atoms with van der Waals surface area (Å²) in [7, 11) is 0. The number of benzene rings is 1. The molecule has 19 heavy (non-hydrogen) atoms. The van der Waals surface area contributed by atoms with E-state index in [9.17, 15) is 9.59 Å². The molecule has 1 saturated heterocycles. The summed E-state index contributed by atoms with van der Waals surface area (Å²) in [6.07, 6.45) is 1.91. The van der Waals surface area contributed by atoms with E-state index in [0.29, 0.717) is 17.8 Å². The smallest absolute Gasteiger partial charge is 0.251 e. The number of amides is 2. The van der Waals surface area contributed by atoms with Gasteiger partial charge < -0.3 is 16.0 Å². The van der Waals surface area contributed by atoms with Crippen LogP contribution in [0.2, 0.25) is 0 Å². The minimum atomic E-state index is -0.0992. The molecule has 0 bridgehead atoms. The molecule has 0 radical (unpaired) electrons. The van der Waals surface area contributed by atoms with Gasteiger partial charge in [0, 0.05) is 17.8 Å². The molecule has 1 atom stereocenters. The Morgan fingerprint density at radius 3 is 2.63 bits per heavy atom. The van der Waals surface area contributed by atoms with Crippen LogP contribution in [-0.4, -0.2) is 30.9 Å². The highest BCUT2D eigenvalue weighted by Gasteiger charge is 2.21. The van der Waals surface area contributed by atoms with Crippen LogP contribution in [0.15, 0.2) is 24.3 Å². The highest BCUT2D eigenvalue weighted by atomic mass is 16.2. The van der Waals surface area contributed by atoms with Crippen LogP contribution in [0, 0.1) is 0 Å². The lowest BCUT2D eigenvalue weighted by atomic mass is 10.1. The number of rotatable bonds is 4. The maximum atomic E-state index is 11.9. The summed E-state index contributed by atoms with van der Waals surface area (Å²) in [5.41, 5.74) is 1.31. The maximum absolute atomic E-state index is 11.9. The Bertz CT molecular complexity index is 450. The molecule has 0 saturated carbocycles. The van der Waals surface area contributed by atoms with Crippen LogP contribution in [0.5, 0.6) is 0 Å². The predicted molar refractivity (Wildman–Crippen MR) is 74.1 cm³/mol. The summed E-state index contributed by atoms with van der Waals surface area (Å²) in [4.78, 5) is 23.5. The standard InChI is InChI=1S/C14H19N3O2/c1-2-15-13(18)10-5-7-11(8-6-10)17-14(19)12-4-3-9-16-12/h5-8,12,16H,2-4,9H2,1H3,(H,15,18)(H,17,19)/t12-/m0/s1. The van der Waals surface area contributed by atoms with Crippen molar-refractivity contribution < 1.29 is 9.59 Å². The third-order valence-corrected chi connectivity index (χ3v) is 3.13. The van der Waals surface area contributed by atoms with Crippen molar-refractivity contribution in [1.29, 1.82) is 0 Å². The molecule has 3 N–H and O–H groups in total. The van der Waals surface area contributed by atoms with Gasteiger partial charge in [0.2, 0.25) is 5.91 Å². The molecule has 0 aromatic heterocycles. The molecule has 5 heteroatoms. The van der Waals surface area contributed by atoms with Gasteiger partial charge in [0.05, 0.1) is 6.04 Å². The SMILES string of the molecule is CCNC(=O)c1ccc(NC(=O)[C@@H]2CCCN2)cc1. The van der Waals surface area contributed by atoms with Crippen molar-refractivity contribution in [3.63, 3.8) is 0 Å². The van der Waals surface area contributed by atoms with E-state index >= 15 is 0 Å². The molecular weight excluding hydrogens is 242 g/mol. The second-order valence-corrected chi connectivity index (χ2v) is 4.57. The largest absolute Gasteiger partial charge is 0.352 e. The lowest BCUT2D eigenvalue weighted by Gasteiger charge is -2.11. The first kappa shape index (κ1) is 13.5.